The van der Waals surface area contributed by atoms with Crippen molar-refractivity contribution in [1.82, 2.24) is 4.90 Å². The van der Waals surface area contributed by atoms with Gasteiger partial charge in [-0.3, -0.25) is 0 Å². The fourth-order valence-electron chi connectivity index (χ4n) is 2.78. The van der Waals surface area contributed by atoms with Crippen LogP contribution in [0.1, 0.15) is 19.8 Å². The van der Waals surface area contributed by atoms with Crippen molar-refractivity contribution >= 4 is 21.2 Å². The van der Waals surface area contributed by atoms with E-state index in [1.807, 2.05) is 6.07 Å². The molecule has 1 aliphatic heterocycles. The van der Waals surface area contributed by atoms with Gasteiger partial charge < -0.3 is 16.0 Å². The SMILES string of the molecule is CCN1CCC(CNc2cccc(S(C)(=O)=O)c2N)CC1. The van der Waals surface area contributed by atoms with Gasteiger partial charge in [-0.05, 0) is 50.5 Å². The molecule has 0 spiro atoms. The monoisotopic (exact) mass is 311 g/mol. The van der Waals surface area contributed by atoms with Crippen molar-refractivity contribution < 1.29 is 8.42 Å². The molecule has 1 fully saturated rings. The topological polar surface area (TPSA) is 75.4 Å². The average molecular weight is 311 g/mol. The molecule has 1 saturated heterocycles. The van der Waals surface area contributed by atoms with Crippen molar-refractivity contribution in [2.75, 3.05) is 43.5 Å². The number of rotatable bonds is 5. The Kier molecular flexibility index (Phi) is 5.11. The maximum absolute atomic E-state index is 11.7. The van der Waals surface area contributed by atoms with E-state index in [0.29, 0.717) is 11.6 Å². The van der Waals surface area contributed by atoms with Crippen LogP contribution in [-0.4, -0.2) is 45.8 Å². The first-order valence-corrected chi connectivity index (χ1v) is 9.35. The van der Waals surface area contributed by atoms with Gasteiger partial charge in [-0.25, -0.2) is 8.42 Å². The van der Waals surface area contributed by atoms with Crippen LogP contribution in [0.3, 0.4) is 0 Å². The third-order valence-electron chi connectivity index (χ3n) is 4.20. The molecule has 0 radical (unpaired) electrons. The lowest BCUT2D eigenvalue weighted by Gasteiger charge is -2.31. The summed E-state index contributed by atoms with van der Waals surface area (Å²) < 4.78 is 23.3. The molecule has 5 nitrogen and oxygen atoms in total. The lowest BCUT2D eigenvalue weighted by atomic mass is 9.97. The Balaban J connectivity index is 1.98. The number of nitrogen functional groups attached to an aromatic ring is 1. The molecular weight excluding hydrogens is 286 g/mol. The van der Waals surface area contributed by atoms with Crippen molar-refractivity contribution in [3.05, 3.63) is 18.2 Å². The first kappa shape index (κ1) is 16.1. The predicted octanol–water partition coefficient (Wildman–Crippen LogP) is 1.82. The molecule has 0 saturated carbocycles. The summed E-state index contributed by atoms with van der Waals surface area (Å²) >= 11 is 0. The zero-order chi connectivity index (χ0) is 15.5. The Bertz CT molecular complexity index is 579. The van der Waals surface area contributed by atoms with Crippen LogP contribution in [0.25, 0.3) is 0 Å². The van der Waals surface area contributed by atoms with Crippen LogP contribution in [0.4, 0.5) is 11.4 Å². The second-order valence-corrected chi connectivity index (χ2v) is 7.73. The molecule has 2 rings (SSSR count). The highest BCUT2D eigenvalue weighted by Gasteiger charge is 2.19. The Labute approximate surface area is 127 Å². The zero-order valence-electron chi connectivity index (χ0n) is 12.8. The van der Waals surface area contributed by atoms with Crippen LogP contribution in [0.15, 0.2) is 23.1 Å². The number of hydrogen-bond acceptors (Lipinski definition) is 5. The van der Waals surface area contributed by atoms with Gasteiger partial charge >= 0.3 is 0 Å². The Morgan fingerprint density at radius 2 is 2.00 bits per heavy atom. The molecule has 1 heterocycles. The number of nitrogens with two attached hydrogens (primary N) is 1. The first-order valence-electron chi connectivity index (χ1n) is 7.46. The van der Waals surface area contributed by atoms with Crippen molar-refractivity contribution in [3.63, 3.8) is 0 Å². The highest BCUT2D eigenvalue weighted by molar-refractivity contribution is 7.90. The minimum atomic E-state index is -3.28. The molecule has 0 aliphatic carbocycles. The van der Waals surface area contributed by atoms with Gasteiger partial charge in [0, 0.05) is 12.8 Å². The number of hydrogen-bond donors (Lipinski definition) is 2. The minimum Gasteiger partial charge on any atom is -0.396 e. The van der Waals surface area contributed by atoms with E-state index >= 15 is 0 Å². The van der Waals surface area contributed by atoms with Crippen molar-refractivity contribution in [3.8, 4) is 0 Å². The minimum absolute atomic E-state index is 0.202. The van der Waals surface area contributed by atoms with Crippen molar-refractivity contribution in [1.29, 1.82) is 0 Å². The van der Waals surface area contributed by atoms with Crippen molar-refractivity contribution in [2.45, 2.75) is 24.7 Å². The molecule has 0 aromatic heterocycles. The second kappa shape index (κ2) is 6.66. The summed E-state index contributed by atoms with van der Waals surface area (Å²) in [5.41, 5.74) is 7.02. The van der Waals surface area contributed by atoms with E-state index in [4.69, 9.17) is 5.73 Å². The van der Waals surface area contributed by atoms with Crippen LogP contribution in [0, 0.1) is 5.92 Å². The van der Waals surface area contributed by atoms with Gasteiger partial charge in [0.15, 0.2) is 9.84 Å². The van der Waals surface area contributed by atoms with Crippen LogP contribution in [0.5, 0.6) is 0 Å². The number of sulfone groups is 1. The highest BCUT2D eigenvalue weighted by atomic mass is 32.2. The Morgan fingerprint density at radius 1 is 1.33 bits per heavy atom. The quantitative estimate of drug-likeness (QED) is 0.811. The summed E-state index contributed by atoms with van der Waals surface area (Å²) in [5, 5.41) is 3.32. The van der Waals surface area contributed by atoms with Gasteiger partial charge in [-0.1, -0.05) is 13.0 Å². The van der Waals surface area contributed by atoms with Crippen LogP contribution < -0.4 is 11.1 Å². The van der Waals surface area contributed by atoms with E-state index in [0.717, 1.165) is 31.9 Å². The number of benzene rings is 1. The lowest BCUT2D eigenvalue weighted by molar-refractivity contribution is 0.198. The first-order chi connectivity index (χ1) is 9.91. The van der Waals surface area contributed by atoms with E-state index in [-0.39, 0.29) is 4.90 Å². The van der Waals surface area contributed by atoms with Crippen molar-refractivity contribution in [2.24, 2.45) is 5.92 Å². The molecule has 0 unspecified atom stereocenters. The maximum atomic E-state index is 11.7. The summed E-state index contributed by atoms with van der Waals surface area (Å²) in [6.45, 7) is 6.43. The number of anilines is 2. The average Bonchev–Trinajstić information content (AvgIpc) is 2.45. The smallest absolute Gasteiger partial charge is 0.177 e. The molecule has 118 valence electrons. The Morgan fingerprint density at radius 3 is 2.57 bits per heavy atom. The second-order valence-electron chi connectivity index (χ2n) is 5.75. The van der Waals surface area contributed by atoms with Crippen LogP contribution >= 0.6 is 0 Å². The number of piperidine rings is 1. The lowest BCUT2D eigenvalue weighted by Crippen LogP contribution is -2.35. The van der Waals surface area contributed by atoms with Gasteiger partial charge in [0.1, 0.15) is 0 Å². The molecule has 21 heavy (non-hydrogen) atoms. The molecule has 0 atom stereocenters. The van der Waals surface area contributed by atoms with Crippen LogP contribution in [-0.2, 0) is 9.84 Å². The summed E-state index contributed by atoms with van der Waals surface area (Å²) in [7, 11) is -3.28. The fraction of sp³-hybridized carbons (Fsp3) is 0.600. The number of para-hydroxylation sites is 1. The summed E-state index contributed by atoms with van der Waals surface area (Å²) in [6, 6.07) is 5.12. The van der Waals surface area contributed by atoms with Gasteiger partial charge in [0.2, 0.25) is 0 Å². The molecule has 0 amide bonds. The normalized spacial score (nSPS) is 17.8. The van der Waals surface area contributed by atoms with E-state index in [1.165, 1.54) is 19.1 Å². The van der Waals surface area contributed by atoms with Gasteiger partial charge in [-0.2, -0.15) is 0 Å². The van der Waals surface area contributed by atoms with Crippen LogP contribution in [0.2, 0.25) is 0 Å². The highest BCUT2D eigenvalue weighted by Crippen LogP contribution is 2.27. The zero-order valence-corrected chi connectivity index (χ0v) is 13.6. The van der Waals surface area contributed by atoms with E-state index < -0.39 is 9.84 Å². The predicted molar refractivity (Wildman–Crippen MR) is 87.3 cm³/mol. The molecule has 6 heteroatoms. The summed E-state index contributed by atoms with van der Waals surface area (Å²) in [5.74, 6) is 0.620. The molecular formula is C15H25N3O2S. The van der Waals surface area contributed by atoms with Gasteiger partial charge in [-0.15, -0.1) is 0 Å². The van der Waals surface area contributed by atoms with E-state index in [2.05, 4.69) is 17.1 Å². The van der Waals surface area contributed by atoms with E-state index in [1.54, 1.807) is 12.1 Å². The Hall–Kier alpha value is -1.27. The largest absolute Gasteiger partial charge is 0.396 e. The maximum Gasteiger partial charge on any atom is 0.177 e. The molecule has 3 N–H and O–H groups in total. The van der Waals surface area contributed by atoms with Gasteiger partial charge in [0.05, 0.1) is 16.3 Å². The van der Waals surface area contributed by atoms with E-state index in [9.17, 15) is 8.42 Å². The summed E-state index contributed by atoms with van der Waals surface area (Å²) in [4.78, 5) is 2.66. The fourth-order valence-corrected chi connectivity index (χ4v) is 3.62. The number of nitrogens with zero attached hydrogens (tertiary/aromatic N) is 1. The molecule has 1 aliphatic rings. The standard InChI is InChI=1S/C15H25N3O2S/c1-3-18-9-7-12(8-10-18)11-17-13-5-4-6-14(15(13)16)21(2,19)20/h4-6,12,17H,3,7-11,16H2,1-2H3. The molecule has 1 aromatic carbocycles. The third kappa shape index (κ3) is 4.11. The number of likely N-dealkylation sites (tertiary alicyclic amines) is 1. The molecule has 0 bridgehead atoms. The number of nitrogens with one attached hydrogen (secondary N) is 1. The third-order valence-corrected chi connectivity index (χ3v) is 5.36. The van der Waals surface area contributed by atoms with Gasteiger partial charge in [0.25, 0.3) is 0 Å². The molecule has 1 aromatic rings. The summed E-state index contributed by atoms with van der Waals surface area (Å²) in [6.07, 6.45) is 3.53.